The van der Waals surface area contributed by atoms with Crippen LogP contribution in [0, 0.1) is 5.92 Å². The number of para-hydroxylation sites is 1. The van der Waals surface area contributed by atoms with Gasteiger partial charge in [-0.15, -0.1) is 0 Å². The van der Waals surface area contributed by atoms with Gasteiger partial charge in [0.05, 0.1) is 24.3 Å². The summed E-state index contributed by atoms with van der Waals surface area (Å²) in [5, 5.41) is 18.4. The number of carbonyl (C=O) groups excluding carboxylic acids is 3. The van der Waals surface area contributed by atoms with E-state index in [1.165, 1.54) is 11.3 Å². The van der Waals surface area contributed by atoms with Crippen LogP contribution in [-0.2, 0) is 32.1 Å². The van der Waals surface area contributed by atoms with Gasteiger partial charge in [0.1, 0.15) is 6.04 Å². The molecular formula is C24H29N3O5S. The molecule has 1 aromatic heterocycles. The molecule has 1 aliphatic heterocycles. The molecule has 1 aliphatic rings. The molecule has 2 heterocycles. The average molecular weight is 472 g/mol. The van der Waals surface area contributed by atoms with E-state index < -0.39 is 17.9 Å². The number of benzene rings is 1. The molecule has 1 aromatic carbocycles. The highest BCUT2D eigenvalue weighted by Crippen LogP contribution is 2.36. The number of aliphatic carboxylic acids is 1. The number of carboxylic acid groups (broad SMARTS) is 1. The highest BCUT2D eigenvalue weighted by Gasteiger charge is 2.35. The van der Waals surface area contributed by atoms with Crippen molar-refractivity contribution in [1.82, 2.24) is 5.32 Å². The Balaban J connectivity index is 1.87. The molecule has 0 fully saturated rings. The van der Waals surface area contributed by atoms with E-state index in [1.807, 2.05) is 36.7 Å². The lowest BCUT2D eigenvalue weighted by Crippen LogP contribution is -2.52. The minimum Gasteiger partial charge on any atom is -0.481 e. The molecule has 8 nitrogen and oxygen atoms in total. The van der Waals surface area contributed by atoms with E-state index >= 15 is 0 Å². The smallest absolute Gasteiger partial charge is 0.303 e. The summed E-state index contributed by atoms with van der Waals surface area (Å²) < 4.78 is 0. The van der Waals surface area contributed by atoms with Gasteiger partial charge in [0.2, 0.25) is 17.7 Å². The highest BCUT2D eigenvalue weighted by molar-refractivity contribution is 7.07. The summed E-state index contributed by atoms with van der Waals surface area (Å²) in [4.78, 5) is 50.6. The molecule has 2 aromatic rings. The Morgan fingerprint density at radius 2 is 1.94 bits per heavy atom. The number of hydrogen-bond donors (Lipinski definition) is 3. The van der Waals surface area contributed by atoms with Crippen molar-refractivity contribution in [3.8, 4) is 0 Å². The van der Waals surface area contributed by atoms with E-state index in [0.717, 1.165) is 17.5 Å². The molecule has 0 saturated carbocycles. The Bertz CT molecular complexity index is 1020. The molecule has 0 bridgehead atoms. The fourth-order valence-electron chi connectivity index (χ4n) is 3.74. The van der Waals surface area contributed by atoms with E-state index in [-0.39, 0.29) is 24.7 Å². The van der Waals surface area contributed by atoms with E-state index in [9.17, 15) is 19.2 Å². The molecular weight excluding hydrogens is 442 g/mol. The number of fused-ring (bicyclic) bond motifs is 1. The number of thiophene rings is 1. The van der Waals surface area contributed by atoms with Gasteiger partial charge in [-0.3, -0.25) is 19.2 Å². The standard InChI is InChI=1S/C24H29N3O5S/c1-15(2)6-7-20(28)26-19-12-17-4-3-5-18(25-21(29)8-9-22(30)31)23(17)27(24(19)32)13-16-10-11-33-14-16/h3-5,10-11,14-15,19H,6-9,12-13H2,1-2H3,(H,25,29)(H,26,28)(H,30,31). The van der Waals surface area contributed by atoms with Gasteiger partial charge in [-0.05, 0) is 46.4 Å². The van der Waals surface area contributed by atoms with Gasteiger partial charge in [0, 0.05) is 19.3 Å². The quantitative estimate of drug-likeness (QED) is 0.490. The third-order valence-corrected chi connectivity index (χ3v) is 6.15. The van der Waals surface area contributed by atoms with Crippen LogP contribution in [0.25, 0.3) is 0 Å². The van der Waals surface area contributed by atoms with E-state index in [2.05, 4.69) is 10.6 Å². The van der Waals surface area contributed by atoms with Crippen LogP contribution in [0.2, 0.25) is 0 Å². The Morgan fingerprint density at radius 1 is 1.15 bits per heavy atom. The fraction of sp³-hybridized carbons (Fsp3) is 0.417. The Hall–Kier alpha value is -3.20. The second-order valence-electron chi connectivity index (χ2n) is 8.57. The van der Waals surface area contributed by atoms with E-state index in [4.69, 9.17) is 5.11 Å². The summed E-state index contributed by atoms with van der Waals surface area (Å²) >= 11 is 1.52. The maximum atomic E-state index is 13.5. The third kappa shape index (κ3) is 6.64. The second kappa shape index (κ2) is 11.1. The number of rotatable bonds is 10. The van der Waals surface area contributed by atoms with Crippen LogP contribution >= 0.6 is 11.3 Å². The zero-order chi connectivity index (χ0) is 24.0. The molecule has 33 heavy (non-hydrogen) atoms. The van der Waals surface area contributed by atoms with Crippen molar-refractivity contribution in [3.63, 3.8) is 0 Å². The summed E-state index contributed by atoms with van der Waals surface area (Å²) in [6.45, 7) is 4.39. The SMILES string of the molecule is CC(C)CCC(=O)NC1Cc2cccc(NC(=O)CCC(=O)O)c2N(Cc2ccsc2)C1=O. The van der Waals surface area contributed by atoms with Crippen molar-refractivity contribution in [3.05, 3.63) is 46.2 Å². The zero-order valence-corrected chi connectivity index (χ0v) is 19.6. The van der Waals surface area contributed by atoms with Gasteiger partial charge < -0.3 is 20.6 Å². The molecule has 9 heteroatoms. The number of anilines is 2. The molecule has 176 valence electrons. The maximum absolute atomic E-state index is 13.5. The highest BCUT2D eigenvalue weighted by atomic mass is 32.1. The van der Waals surface area contributed by atoms with Crippen LogP contribution in [0.3, 0.4) is 0 Å². The fourth-order valence-corrected chi connectivity index (χ4v) is 4.40. The number of carbonyl (C=O) groups is 4. The molecule has 0 spiro atoms. The van der Waals surface area contributed by atoms with Crippen LogP contribution in [0.15, 0.2) is 35.0 Å². The van der Waals surface area contributed by atoms with Crippen molar-refractivity contribution in [2.45, 2.75) is 58.5 Å². The monoisotopic (exact) mass is 471 g/mol. The average Bonchev–Trinajstić information content (AvgIpc) is 3.27. The molecule has 3 amide bonds. The predicted molar refractivity (Wildman–Crippen MR) is 127 cm³/mol. The first-order chi connectivity index (χ1) is 15.7. The topological polar surface area (TPSA) is 116 Å². The van der Waals surface area contributed by atoms with Gasteiger partial charge in [0.15, 0.2) is 0 Å². The molecule has 3 N–H and O–H groups in total. The van der Waals surface area contributed by atoms with Gasteiger partial charge >= 0.3 is 5.97 Å². The van der Waals surface area contributed by atoms with Gasteiger partial charge in [-0.1, -0.05) is 26.0 Å². The van der Waals surface area contributed by atoms with Crippen molar-refractivity contribution in [2.75, 3.05) is 10.2 Å². The van der Waals surface area contributed by atoms with Crippen LogP contribution in [-0.4, -0.2) is 34.8 Å². The van der Waals surface area contributed by atoms with Crippen LogP contribution in [0.1, 0.15) is 50.7 Å². The van der Waals surface area contributed by atoms with Crippen LogP contribution in [0.5, 0.6) is 0 Å². The zero-order valence-electron chi connectivity index (χ0n) is 18.8. The second-order valence-corrected chi connectivity index (χ2v) is 9.35. The molecule has 1 atom stereocenters. The number of amides is 3. The number of nitrogens with zero attached hydrogens (tertiary/aromatic N) is 1. The summed E-state index contributed by atoms with van der Waals surface area (Å²) in [6.07, 6.45) is 0.989. The van der Waals surface area contributed by atoms with Gasteiger partial charge in [-0.2, -0.15) is 11.3 Å². The summed E-state index contributed by atoms with van der Waals surface area (Å²) in [7, 11) is 0. The first-order valence-electron chi connectivity index (χ1n) is 11.0. The summed E-state index contributed by atoms with van der Waals surface area (Å²) in [6, 6.07) is 6.60. The molecule has 0 radical (unpaired) electrons. The Morgan fingerprint density at radius 3 is 2.61 bits per heavy atom. The number of hydrogen-bond acceptors (Lipinski definition) is 5. The maximum Gasteiger partial charge on any atom is 0.303 e. The van der Waals surface area contributed by atoms with Crippen LogP contribution in [0.4, 0.5) is 11.4 Å². The van der Waals surface area contributed by atoms with Crippen molar-refractivity contribution >= 4 is 46.4 Å². The largest absolute Gasteiger partial charge is 0.481 e. The number of carboxylic acids is 1. The van der Waals surface area contributed by atoms with E-state index in [1.54, 1.807) is 17.0 Å². The minimum absolute atomic E-state index is 0.154. The summed E-state index contributed by atoms with van der Waals surface area (Å²) in [5.74, 6) is -1.48. The van der Waals surface area contributed by atoms with Crippen molar-refractivity contribution < 1.29 is 24.3 Å². The van der Waals surface area contributed by atoms with Crippen molar-refractivity contribution in [2.24, 2.45) is 5.92 Å². The first kappa shape index (κ1) is 24.4. The predicted octanol–water partition coefficient (Wildman–Crippen LogP) is 3.56. The van der Waals surface area contributed by atoms with Gasteiger partial charge in [-0.25, -0.2) is 0 Å². The number of nitrogens with one attached hydrogen (secondary N) is 2. The van der Waals surface area contributed by atoms with Crippen molar-refractivity contribution in [1.29, 1.82) is 0 Å². The van der Waals surface area contributed by atoms with E-state index in [0.29, 0.717) is 36.7 Å². The molecule has 0 aliphatic carbocycles. The molecule has 1 unspecified atom stereocenters. The van der Waals surface area contributed by atoms with Gasteiger partial charge in [0.25, 0.3) is 0 Å². The Kier molecular flexibility index (Phi) is 8.21. The third-order valence-electron chi connectivity index (χ3n) is 5.42. The Labute approximate surface area is 197 Å². The lowest BCUT2D eigenvalue weighted by molar-refractivity contribution is -0.138. The normalized spacial score (nSPS) is 15.3. The minimum atomic E-state index is -1.05. The summed E-state index contributed by atoms with van der Waals surface area (Å²) in [5.41, 5.74) is 2.81. The molecule has 0 saturated heterocycles. The molecule has 3 rings (SSSR count). The lowest BCUT2D eigenvalue weighted by Gasteiger charge is -2.36. The first-order valence-corrected chi connectivity index (χ1v) is 11.9. The lowest BCUT2D eigenvalue weighted by atomic mass is 9.95. The van der Waals surface area contributed by atoms with Crippen LogP contribution < -0.4 is 15.5 Å².